The van der Waals surface area contributed by atoms with Gasteiger partial charge < -0.3 is 15.8 Å². The second-order valence-electron chi connectivity index (χ2n) is 5.32. The summed E-state index contributed by atoms with van der Waals surface area (Å²) >= 11 is 0. The van der Waals surface area contributed by atoms with Gasteiger partial charge in [-0.15, -0.1) is 0 Å². The van der Waals surface area contributed by atoms with Gasteiger partial charge in [0.15, 0.2) is 5.84 Å². The summed E-state index contributed by atoms with van der Waals surface area (Å²) in [5, 5.41) is 11.5. The fourth-order valence-corrected chi connectivity index (χ4v) is 2.72. The van der Waals surface area contributed by atoms with Crippen molar-refractivity contribution in [3.05, 3.63) is 29.6 Å². The number of amidine groups is 1. The molecule has 1 aliphatic heterocycles. The smallest absolute Gasteiger partial charge is 0.170 e. The minimum absolute atomic E-state index is 0.0780. The van der Waals surface area contributed by atoms with E-state index >= 15 is 0 Å². The fourth-order valence-electron chi connectivity index (χ4n) is 2.72. The van der Waals surface area contributed by atoms with Crippen LogP contribution in [0, 0.1) is 11.7 Å². The van der Waals surface area contributed by atoms with Crippen LogP contribution in [-0.4, -0.2) is 23.6 Å². The van der Waals surface area contributed by atoms with Gasteiger partial charge in [0, 0.05) is 18.2 Å². The summed E-state index contributed by atoms with van der Waals surface area (Å²) in [5.41, 5.74) is 6.44. The van der Waals surface area contributed by atoms with E-state index in [2.05, 4.69) is 23.9 Å². The van der Waals surface area contributed by atoms with E-state index in [4.69, 9.17) is 10.9 Å². The number of hydrogen-bond donors (Lipinski definition) is 2. The SMILES string of the molecule is CC1CCN(c2ccc(/C(N)=N/O)cc2F)C(C)C1. The first-order valence-corrected chi connectivity index (χ1v) is 6.57. The molecule has 2 unspecified atom stereocenters. The highest BCUT2D eigenvalue weighted by Crippen LogP contribution is 2.29. The lowest BCUT2D eigenvalue weighted by atomic mass is 9.93. The first-order chi connectivity index (χ1) is 9.02. The highest BCUT2D eigenvalue weighted by molar-refractivity contribution is 5.97. The molecule has 2 rings (SSSR count). The summed E-state index contributed by atoms with van der Waals surface area (Å²) in [6, 6.07) is 5.02. The third-order valence-electron chi connectivity index (χ3n) is 3.80. The lowest BCUT2D eigenvalue weighted by Crippen LogP contribution is -2.40. The number of halogens is 1. The van der Waals surface area contributed by atoms with Crippen LogP contribution >= 0.6 is 0 Å². The number of oxime groups is 1. The van der Waals surface area contributed by atoms with E-state index in [9.17, 15) is 4.39 Å². The van der Waals surface area contributed by atoms with Crippen LogP contribution < -0.4 is 10.6 Å². The maximum Gasteiger partial charge on any atom is 0.170 e. The van der Waals surface area contributed by atoms with Crippen molar-refractivity contribution in [3.8, 4) is 0 Å². The third kappa shape index (κ3) is 2.80. The molecule has 0 aromatic heterocycles. The molecule has 104 valence electrons. The molecule has 0 saturated carbocycles. The molecule has 1 aromatic rings. The quantitative estimate of drug-likeness (QED) is 0.374. The number of rotatable bonds is 2. The topological polar surface area (TPSA) is 61.8 Å². The normalized spacial score (nSPS) is 24.6. The van der Waals surface area contributed by atoms with Gasteiger partial charge in [0.05, 0.1) is 5.69 Å². The zero-order chi connectivity index (χ0) is 14.0. The largest absolute Gasteiger partial charge is 0.409 e. The number of benzene rings is 1. The summed E-state index contributed by atoms with van der Waals surface area (Å²) in [4.78, 5) is 2.09. The van der Waals surface area contributed by atoms with Gasteiger partial charge >= 0.3 is 0 Å². The van der Waals surface area contributed by atoms with E-state index in [1.807, 2.05) is 0 Å². The number of nitrogens with zero attached hydrogens (tertiary/aromatic N) is 2. The Morgan fingerprint density at radius 3 is 2.79 bits per heavy atom. The number of hydrogen-bond acceptors (Lipinski definition) is 3. The Labute approximate surface area is 112 Å². The maximum absolute atomic E-state index is 14.2. The summed E-state index contributed by atoms with van der Waals surface area (Å²) in [5.74, 6) is 0.280. The predicted octanol–water partition coefficient (Wildman–Crippen LogP) is 2.55. The standard InChI is InChI=1S/C14H20FN3O/c1-9-5-6-18(10(2)7-9)13-4-3-11(8-12(13)15)14(16)17-19/h3-4,8-10,19H,5-7H2,1-2H3,(H2,16,17). The van der Waals surface area contributed by atoms with Crippen molar-refractivity contribution in [2.45, 2.75) is 32.7 Å². The van der Waals surface area contributed by atoms with Gasteiger partial charge in [-0.05, 0) is 43.9 Å². The second kappa shape index (κ2) is 5.47. The van der Waals surface area contributed by atoms with Crippen LogP contribution in [0.25, 0.3) is 0 Å². The zero-order valence-electron chi connectivity index (χ0n) is 11.3. The molecule has 19 heavy (non-hydrogen) atoms. The molecule has 1 heterocycles. The summed E-state index contributed by atoms with van der Waals surface area (Å²) in [6.07, 6.45) is 2.15. The van der Waals surface area contributed by atoms with E-state index in [1.54, 1.807) is 12.1 Å². The first kappa shape index (κ1) is 13.6. The van der Waals surface area contributed by atoms with Gasteiger partial charge in [-0.25, -0.2) is 4.39 Å². The monoisotopic (exact) mass is 265 g/mol. The van der Waals surface area contributed by atoms with E-state index in [0.717, 1.165) is 19.4 Å². The van der Waals surface area contributed by atoms with Crippen LogP contribution in [0.2, 0.25) is 0 Å². The van der Waals surface area contributed by atoms with Crippen LogP contribution in [0.4, 0.5) is 10.1 Å². The number of anilines is 1. The maximum atomic E-state index is 14.2. The van der Waals surface area contributed by atoms with Crippen LogP contribution in [0.5, 0.6) is 0 Å². The molecule has 3 N–H and O–H groups in total. The van der Waals surface area contributed by atoms with Crippen LogP contribution in [-0.2, 0) is 0 Å². The molecule has 2 atom stereocenters. The molecule has 4 nitrogen and oxygen atoms in total. The zero-order valence-corrected chi connectivity index (χ0v) is 11.3. The average Bonchev–Trinajstić information content (AvgIpc) is 2.38. The van der Waals surface area contributed by atoms with Gasteiger partial charge in [0.2, 0.25) is 0 Å². The fraction of sp³-hybridized carbons (Fsp3) is 0.500. The van der Waals surface area contributed by atoms with Crippen molar-refractivity contribution >= 4 is 11.5 Å². The molecular formula is C14H20FN3O. The van der Waals surface area contributed by atoms with Crippen molar-refractivity contribution in [2.24, 2.45) is 16.8 Å². The minimum atomic E-state index is -0.328. The Morgan fingerprint density at radius 2 is 2.21 bits per heavy atom. The average molecular weight is 265 g/mol. The molecule has 0 aliphatic carbocycles. The lowest BCUT2D eigenvalue weighted by molar-refractivity contribution is 0.318. The molecule has 1 saturated heterocycles. The van der Waals surface area contributed by atoms with Crippen LogP contribution in [0.3, 0.4) is 0 Å². The highest BCUT2D eigenvalue weighted by atomic mass is 19.1. The van der Waals surface area contributed by atoms with Gasteiger partial charge in [-0.2, -0.15) is 0 Å². The first-order valence-electron chi connectivity index (χ1n) is 6.57. The van der Waals surface area contributed by atoms with Crippen molar-refractivity contribution in [3.63, 3.8) is 0 Å². The lowest BCUT2D eigenvalue weighted by Gasteiger charge is -2.38. The minimum Gasteiger partial charge on any atom is -0.409 e. The highest BCUT2D eigenvalue weighted by Gasteiger charge is 2.25. The molecular weight excluding hydrogens is 245 g/mol. The number of nitrogens with two attached hydrogens (primary N) is 1. The van der Waals surface area contributed by atoms with Crippen LogP contribution in [0.1, 0.15) is 32.3 Å². The molecule has 0 radical (unpaired) electrons. The summed E-state index contributed by atoms with van der Waals surface area (Å²) in [6.45, 7) is 5.21. The molecule has 0 bridgehead atoms. The van der Waals surface area contributed by atoms with Gasteiger partial charge in [0.25, 0.3) is 0 Å². The molecule has 5 heteroatoms. The van der Waals surface area contributed by atoms with E-state index < -0.39 is 0 Å². The Bertz CT molecular complexity index is 490. The third-order valence-corrected chi connectivity index (χ3v) is 3.80. The molecule has 1 fully saturated rings. The van der Waals surface area contributed by atoms with Crippen molar-refractivity contribution in [1.29, 1.82) is 0 Å². The Morgan fingerprint density at radius 1 is 1.47 bits per heavy atom. The molecule has 0 amide bonds. The molecule has 0 spiro atoms. The second-order valence-corrected chi connectivity index (χ2v) is 5.32. The predicted molar refractivity (Wildman–Crippen MR) is 74.1 cm³/mol. The van der Waals surface area contributed by atoms with Gasteiger partial charge in [-0.1, -0.05) is 12.1 Å². The molecule has 1 aliphatic rings. The van der Waals surface area contributed by atoms with Crippen molar-refractivity contribution < 1.29 is 9.60 Å². The van der Waals surface area contributed by atoms with Gasteiger partial charge in [0.1, 0.15) is 5.82 Å². The summed E-state index contributed by atoms with van der Waals surface area (Å²) < 4.78 is 14.2. The van der Waals surface area contributed by atoms with E-state index in [0.29, 0.717) is 23.2 Å². The number of piperidine rings is 1. The Balaban J connectivity index is 2.26. The van der Waals surface area contributed by atoms with Crippen molar-refractivity contribution in [2.75, 3.05) is 11.4 Å². The Kier molecular flexibility index (Phi) is 3.93. The molecule has 1 aromatic carbocycles. The summed E-state index contributed by atoms with van der Waals surface area (Å²) in [7, 11) is 0. The van der Waals surface area contributed by atoms with Gasteiger partial charge in [-0.3, -0.25) is 0 Å². The van der Waals surface area contributed by atoms with Crippen molar-refractivity contribution in [1.82, 2.24) is 0 Å². The van der Waals surface area contributed by atoms with Crippen LogP contribution in [0.15, 0.2) is 23.4 Å². The Hall–Kier alpha value is -1.78. The van der Waals surface area contributed by atoms with E-state index in [-0.39, 0.29) is 11.7 Å². The van der Waals surface area contributed by atoms with E-state index in [1.165, 1.54) is 6.07 Å².